The van der Waals surface area contributed by atoms with Crippen molar-refractivity contribution in [2.45, 2.75) is 49.0 Å². The fourth-order valence-electron chi connectivity index (χ4n) is 2.33. The van der Waals surface area contributed by atoms with E-state index in [0.717, 1.165) is 12.8 Å². The number of hydrogen-bond donors (Lipinski definition) is 1. The second kappa shape index (κ2) is 6.52. The van der Waals surface area contributed by atoms with Crippen LogP contribution in [-0.2, 0) is 0 Å². The molecule has 0 bridgehead atoms. The maximum absolute atomic E-state index is 5.92. The fourth-order valence-corrected chi connectivity index (χ4v) is 3.32. The van der Waals surface area contributed by atoms with Crippen LogP contribution < -0.4 is 5.32 Å². The van der Waals surface area contributed by atoms with Crippen molar-refractivity contribution in [1.82, 2.24) is 35.2 Å². The smallest absolute Gasteiger partial charge is 0.228 e. The molecule has 1 aliphatic rings. The first-order valence-corrected chi connectivity index (χ1v) is 8.07. The Hall–Kier alpha value is -1.48. The molecule has 21 heavy (non-hydrogen) atoms. The van der Waals surface area contributed by atoms with Crippen LogP contribution in [0, 0.1) is 0 Å². The highest BCUT2D eigenvalue weighted by molar-refractivity contribution is 7.99. The quantitative estimate of drug-likeness (QED) is 0.893. The predicted octanol–water partition coefficient (Wildman–Crippen LogP) is 2.21. The van der Waals surface area contributed by atoms with Crippen molar-refractivity contribution >= 4 is 29.3 Å². The van der Waals surface area contributed by atoms with E-state index in [2.05, 4.69) is 35.8 Å². The maximum atomic E-state index is 5.92. The second-order valence-corrected chi connectivity index (χ2v) is 5.96. The Labute approximate surface area is 131 Å². The highest BCUT2D eigenvalue weighted by atomic mass is 35.5. The zero-order valence-corrected chi connectivity index (χ0v) is 13.1. The van der Waals surface area contributed by atoms with E-state index < -0.39 is 0 Å². The summed E-state index contributed by atoms with van der Waals surface area (Å²) >= 11 is 7.22. The maximum Gasteiger partial charge on any atom is 0.228 e. The number of anilines is 1. The summed E-state index contributed by atoms with van der Waals surface area (Å²) in [4.78, 5) is 12.4. The Morgan fingerprint density at radius 3 is 2.86 bits per heavy atom. The summed E-state index contributed by atoms with van der Waals surface area (Å²) in [6.07, 6.45) is 4.66. The first-order valence-electron chi connectivity index (χ1n) is 6.87. The molecule has 2 heterocycles. The third kappa shape index (κ3) is 3.41. The van der Waals surface area contributed by atoms with Crippen LogP contribution in [-0.4, -0.2) is 41.7 Å². The molecular weight excluding hydrogens is 312 g/mol. The lowest BCUT2D eigenvalue weighted by Crippen LogP contribution is -2.09. The summed E-state index contributed by atoms with van der Waals surface area (Å²) in [5, 5.41) is 16.3. The number of nitrogens with zero attached hydrogens (tertiary/aromatic N) is 7. The van der Waals surface area contributed by atoms with Crippen LogP contribution in [0.1, 0.15) is 38.6 Å². The van der Waals surface area contributed by atoms with Crippen LogP contribution in [0.3, 0.4) is 0 Å². The summed E-state index contributed by atoms with van der Waals surface area (Å²) < 4.78 is 1.86. The summed E-state index contributed by atoms with van der Waals surface area (Å²) in [5.74, 6) is 0.458. The predicted molar refractivity (Wildman–Crippen MR) is 78.4 cm³/mol. The molecule has 0 aromatic carbocycles. The topological polar surface area (TPSA) is 94.3 Å². The largest absolute Gasteiger partial charge is 0.354 e. The van der Waals surface area contributed by atoms with Gasteiger partial charge in [0, 0.05) is 6.54 Å². The number of hydrogen-bond acceptors (Lipinski definition) is 8. The standard InChI is InChI=1S/C11H15ClN8S/c1-2-13-9-14-8(12)15-10(16-9)21-11-17-18-19-20(11)7-5-3-4-6-7/h7H,2-6H2,1H3,(H,13,14,15,16). The van der Waals surface area contributed by atoms with Gasteiger partial charge < -0.3 is 5.32 Å². The highest BCUT2D eigenvalue weighted by Crippen LogP contribution is 2.33. The van der Waals surface area contributed by atoms with E-state index >= 15 is 0 Å². The van der Waals surface area contributed by atoms with Crippen molar-refractivity contribution in [2.75, 3.05) is 11.9 Å². The van der Waals surface area contributed by atoms with Crippen molar-refractivity contribution in [2.24, 2.45) is 0 Å². The van der Waals surface area contributed by atoms with E-state index in [1.165, 1.54) is 24.6 Å². The normalized spacial score (nSPS) is 15.5. The third-order valence-corrected chi connectivity index (χ3v) is 4.22. The summed E-state index contributed by atoms with van der Waals surface area (Å²) in [6.45, 7) is 2.68. The average Bonchev–Trinajstić information content (AvgIpc) is 3.08. The molecule has 3 rings (SSSR count). The lowest BCUT2D eigenvalue weighted by atomic mass is 10.3. The second-order valence-electron chi connectivity index (χ2n) is 4.69. The molecule has 112 valence electrons. The van der Waals surface area contributed by atoms with Gasteiger partial charge in [-0.25, -0.2) is 4.68 Å². The molecule has 1 N–H and O–H groups in total. The van der Waals surface area contributed by atoms with Gasteiger partial charge in [-0.05, 0) is 53.6 Å². The molecule has 0 amide bonds. The Bertz CT molecular complexity index is 612. The van der Waals surface area contributed by atoms with Crippen LogP contribution in [0.5, 0.6) is 0 Å². The molecular formula is C11H15ClN8S. The zero-order chi connectivity index (χ0) is 14.7. The van der Waals surface area contributed by atoms with Crippen molar-refractivity contribution in [3.8, 4) is 0 Å². The minimum Gasteiger partial charge on any atom is -0.354 e. The van der Waals surface area contributed by atoms with Crippen LogP contribution in [0.15, 0.2) is 10.3 Å². The minimum atomic E-state index is 0.156. The number of aromatic nitrogens is 7. The molecule has 0 aliphatic heterocycles. The lowest BCUT2D eigenvalue weighted by molar-refractivity contribution is 0.423. The summed E-state index contributed by atoms with van der Waals surface area (Å²) in [7, 11) is 0. The van der Waals surface area contributed by atoms with Gasteiger partial charge in [-0.15, -0.1) is 5.10 Å². The van der Waals surface area contributed by atoms with Crippen LogP contribution in [0.4, 0.5) is 5.95 Å². The fraction of sp³-hybridized carbons (Fsp3) is 0.636. The Balaban J connectivity index is 1.82. The Kier molecular flexibility index (Phi) is 4.49. The van der Waals surface area contributed by atoms with Gasteiger partial charge in [0.15, 0.2) is 0 Å². The monoisotopic (exact) mass is 326 g/mol. The van der Waals surface area contributed by atoms with Crippen LogP contribution in [0.2, 0.25) is 5.28 Å². The first-order chi connectivity index (χ1) is 10.3. The van der Waals surface area contributed by atoms with E-state index in [4.69, 9.17) is 11.6 Å². The van der Waals surface area contributed by atoms with Gasteiger partial charge in [0.25, 0.3) is 0 Å². The van der Waals surface area contributed by atoms with Crippen molar-refractivity contribution in [3.05, 3.63) is 5.28 Å². The molecule has 2 aromatic rings. The Morgan fingerprint density at radius 2 is 2.10 bits per heavy atom. The van der Waals surface area contributed by atoms with E-state index in [9.17, 15) is 0 Å². The van der Waals surface area contributed by atoms with Crippen molar-refractivity contribution in [1.29, 1.82) is 0 Å². The van der Waals surface area contributed by atoms with Gasteiger partial charge in [0.1, 0.15) is 0 Å². The molecule has 8 nitrogen and oxygen atoms in total. The van der Waals surface area contributed by atoms with Gasteiger partial charge in [-0.3, -0.25) is 0 Å². The molecule has 2 aromatic heterocycles. The number of nitrogens with one attached hydrogen (secondary N) is 1. The third-order valence-electron chi connectivity index (χ3n) is 3.24. The molecule has 1 fully saturated rings. The average molecular weight is 327 g/mol. The first kappa shape index (κ1) is 14.5. The van der Waals surface area contributed by atoms with Crippen molar-refractivity contribution < 1.29 is 0 Å². The summed E-state index contributed by atoms with van der Waals surface area (Å²) in [5.41, 5.74) is 0. The van der Waals surface area contributed by atoms with Gasteiger partial charge >= 0.3 is 0 Å². The molecule has 0 unspecified atom stereocenters. The highest BCUT2D eigenvalue weighted by Gasteiger charge is 2.22. The zero-order valence-electron chi connectivity index (χ0n) is 11.5. The number of halogens is 1. The molecule has 1 aliphatic carbocycles. The number of rotatable bonds is 5. The van der Waals surface area contributed by atoms with Gasteiger partial charge in [0.05, 0.1) is 6.04 Å². The van der Waals surface area contributed by atoms with E-state index in [1.807, 2.05) is 11.6 Å². The number of tetrazole rings is 1. The molecule has 0 spiro atoms. The van der Waals surface area contributed by atoms with Gasteiger partial charge in [0.2, 0.25) is 21.5 Å². The lowest BCUT2D eigenvalue weighted by Gasteiger charge is -2.10. The van der Waals surface area contributed by atoms with Gasteiger partial charge in [-0.2, -0.15) is 15.0 Å². The SMILES string of the molecule is CCNc1nc(Cl)nc(Sc2nnnn2C2CCCC2)n1. The molecule has 0 radical (unpaired) electrons. The molecule has 0 saturated heterocycles. The Morgan fingerprint density at radius 1 is 1.29 bits per heavy atom. The summed E-state index contributed by atoms with van der Waals surface area (Å²) in [6, 6.07) is 0.369. The minimum absolute atomic E-state index is 0.156. The van der Waals surface area contributed by atoms with Gasteiger partial charge in [-0.1, -0.05) is 12.8 Å². The van der Waals surface area contributed by atoms with Crippen LogP contribution >= 0.6 is 23.4 Å². The molecule has 0 atom stereocenters. The molecule has 1 saturated carbocycles. The van der Waals surface area contributed by atoms with E-state index in [1.54, 1.807) is 0 Å². The van der Waals surface area contributed by atoms with E-state index in [0.29, 0.717) is 28.8 Å². The molecule has 10 heteroatoms. The van der Waals surface area contributed by atoms with E-state index in [-0.39, 0.29) is 5.28 Å². The van der Waals surface area contributed by atoms with Crippen LogP contribution in [0.25, 0.3) is 0 Å². The van der Waals surface area contributed by atoms with Crippen molar-refractivity contribution in [3.63, 3.8) is 0 Å².